The summed E-state index contributed by atoms with van der Waals surface area (Å²) in [4.78, 5) is 14.7. The van der Waals surface area contributed by atoms with Crippen molar-refractivity contribution in [2.45, 2.75) is 25.6 Å². The van der Waals surface area contributed by atoms with Crippen LogP contribution in [0.5, 0.6) is 17.2 Å². The number of likely N-dealkylation sites (tertiary alicyclic amines) is 1. The Bertz CT molecular complexity index is 957. The van der Waals surface area contributed by atoms with Gasteiger partial charge in [0.2, 0.25) is 5.91 Å². The van der Waals surface area contributed by atoms with E-state index >= 15 is 0 Å². The quantitative estimate of drug-likeness (QED) is 0.523. The summed E-state index contributed by atoms with van der Waals surface area (Å²) >= 11 is 0. The summed E-state index contributed by atoms with van der Waals surface area (Å²) in [5.41, 5.74) is 0.564. The molecule has 9 heteroatoms. The van der Waals surface area contributed by atoms with E-state index in [4.69, 9.17) is 9.47 Å². The van der Waals surface area contributed by atoms with E-state index in [1.807, 2.05) is 0 Å². The number of hydrogen-bond acceptors (Lipinski definition) is 5. The second kappa shape index (κ2) is 11.6. The van der Waals surface area contributed by atoms with E-state index in [0.29, 0.717) is 23.8 Å². The van der Waals surface area contributed by atoms with Gasteiger partial charge in [0.25, 0.3) is 0 Å². The van der Waals surface area contributed by atoms with Crippen LogP contribution in [0, 0.1) is 0 Å². The number of methoxy groups -OCH3 is 1. The van der Waals surface area contributed by atoms with Crippen LogP contribution >= 0.6 is 0 Å². The van der Waals surface area contributed by atoms with Crippen LogP contribution in [0.4, 0.5) is 18.9 Å². The standard InChI is InChI=1S/C24H27F3N2O4/c1-31-20-15-19(16-21(17-20)32-14-13-29-11-5-2-6-12-29)28-23(30)10-9-18-7-3-4-8-22(18)33-24(25,26)27/h3-4,7-10,15-17H,2,5-6,11-14H2,1H3,(H,28,30)/b10-9+. The highest BCUT2D eigenvalue weighted by Gasteiger charge is 2.31. The summed E-state index contributed by atoms with van der Waals surface area (Å²) in [6.07, 6.45) is 1.25. The lowest BCUT2D eigenvalue weighted by Gasteiger charge is -2.26. The van der Waals surface area contributed by atoms with Crippen LogP contribution in [0.25, 0.3) is 6.08 Å². The van der Waals surface area contributed by atoms with Gasteiger partial charge in [0.05, 0.1) is 7.11 Å². The molecule has 3 rings (SSSR count). The van der Waals surface area contributed by atoms with Gasteiger partial charge in [-0.15, -0.1) is 13.2 Å². The van der Waals surface area contributed by atoms with E-state index in [9.17, 15) is 18.0 Å². The fourth-order valence-electron chi connectivity index (χ4n) is 3.51. The molecule has 178 valence electrons. The molecule has 0 radical (unpaired) electrons. The summed E-state index contributed by atoms with van der Waals surface area (Å²) in [6.45, 7) is 3.48. The van der Waals surface area contributed by atoms with Crippen molar-refractivity contribution in [2.75, 3.05) is 38.7 Å². The number of halogens is 3. The van der Waals surface area contributed by atoms with Crippen molar-refractivity contribution in [2.24, 2.45) is 0 Å². The number of rotatable bonds is 9. The average molecular weight is 464 g/mol. The number of piperidine rings is 1. The van der Waals surface area contributed by atoms with Gasteiger partial charge >= 0.3 is 6.36 Å². The van der Waals surface area contributed by atoms with Gasteiger partial charge in [-0.05, 0) is 38.1 Å². The second-order valence-electron chi connectivity index (χ2n) is 7.56. The van der Waals surface area contributed by atoms with E-state index in [0.717, 1.165) is 25.7 Å². The average Bonchev–Trinajstić information content (AvgIpc) is 2.78. The molecule has 2 aromatic carbocycles. The van der Waals surface area contributed by atoms with Gasteiger partial charge in [0, 0.05) is 42.1 Å². The maximum absolute atomic E-state index is 12.6. The van der Waals surface area contributed by atoms with Gasteiger partial charge in [0.15, 0.2) is 0 Å². The van der Waals surface area contributed by atoms with E-state index in [2.05, 4.69) is 15.0 Å². The fourth-order valence-corrected chi connectivity index (χ4v) is 3.51. The summed E-state index contributed by atoms with van der Waals surface area (Å²) in [5.74, 6) is 0.146. The third-order valence-electron chi connectivity index (χ3n) is 5.07. The van der Waals surface area contributed by atoms with Crippen molar-refractivity contribution in [3.8, 4) is 17.2 Å². The summed E-state index contributed by atoms with van der Waals surface area (Å²) in [5, 5.41) is 2.68. The molecule has 0 atom stereocenters. The van der Waals surface area contributed by atoms with Gasteiger partial charge in [-0.1, -0.05) is 24.6 Å². The number of benzene rings is 2. The van der Waals surface area contributed by atoms with Crippen molar-refractivity contribution in [3.63, 3.8) is 0 Å². The Morgan fingerprint density at radius 2 is 1.82 bits per heavy atom. The van der Waals surface area contributed by atoms with Crippen LogP contribution in [-0.2, 0) is 4.79 Å². The number of carbonyl (C=O) groups is 1. The molecule has 1 aliphatic heterocycles. The van der Waals surface area contributed by atoms with Crippen LogP contribution in [0.3, 0.4) is 0 Å². The topological polar surface area (TPSA) is 60.0 Å². The maximum Gasteiger partial charge on any atom is 0.573 e. The van der Waals surface area contributed by atoms with Crippen LogP contribution in [0.15, 0.2) is 48.5 Å². The molecule has 1 N–H and O–H groups in total. The number of amides is 1. The molecule has 33 heavy (non-hydrogen) atoms. The molecule has 1 amide bonds. The smallest absolute Gasteiger partial charge is 0.497 e. The van der Waals surface area contributed by atoms with E-state index in [1.165, 1.54) is 50.6 Å². The number of para-hydroxylation sites is 1. The first-order valence-corrected chi connectivity index (χ1v) is 10.7. The first-order chi connectivity index (χ1) is 15.8. The van der Waals surface area contributed by atoms with Crippen molar-refractivity contribution < 1.29 is 32.2 Å². The van der Waals surface area contributed by atoms with E-state index < -0.39 is 12.3 Å². The molecule has 0 spiro atoms. The monoisotopic (exact) mass is 464 g/mol. The van der Waals surface area contributed by atoms with E-state index in [-0.39, 0.29) is 11.3 Å². The number of nitrogens with zero attached hydrogens (tertiary/aromatic N) is 1. The molecular weight excluding hydrogens is 437 g/mol. The first-order valence-electron chi connectivity index (χ1n) is 10.7. The Labute approximate surface area is 190 Å². The molecule has 6 nitrogen and oxygen atoms in total. The molecule has 0 saturated carbocycles. The van der Waals surface area contributed by atoms with Crippen LogP contribution in [0.1, 0.15) is 24.8 Å². The van der Waals surface area contributed by atoms with Gasteiger partial charge in [-0.3, -0.25) is 9.69 Å². The Balaban J connectivity index is 1.61. The van der Waals surface area contributed by atoms with Crippen molar-refractivity contribution in [1.82, 2.24) is 4.90 Å². The van der Waals surface area contributed by atoms with Gasteiger partial charge in [-0.25, -0.2) is 0 Å². The van der Waals surface area contributed by atoms with Gasteiger partial charge in [-0.2, -0.15) is 0 Å². The molecule has 0 bridgehead atoms. The molecule has 1 heterocycles. The van der Waals surface area contributed by atoms with Crippen molar-refractivity contribution in [3.05, 3.63) is 54.1 Å². The fraction of sp³-hybridized carbons (Fsp3) is 0.375. The van der Waals surface area contributed by atoms with Gasteiger partial charge in [0.1, 0.15) is 23.9 Å². The lowest BCUT2D eigenvalue weighted by molar-refractivity contribution is -0.274. The zero-order chi connectivity index (χ0) is 23.7. The Kier molecular flexibility index (Phi) is 8.59. The van der Waals surface area contributed by atoms with Gasteiger partial charge < -0.3 is 19.5 Å². The predicted octanol–water partition coefficient (Wildman–Crippen LogP) is 5.11. The molecule has 0 unspecified atom stereocenters. The number of anilines is 1. The number of nitrogens with one attached hydrogen (secondary N) is 1. The molecule has 0 aromatic heterocycles. The Hall–Kier alpha value is -3.20. The molecule has 1 saturated heterocycles. The molecule has 1 fully saturated rings. The third kappa shape index (κ3) is 8.34. The highest BCUT2D eigenvalue weighted by Crippen LogP contribution is 2.28. The Morgan fingerprint density at radius 1 is 1.09 bits per heavy atom. The van der Waals surface area contributed by atoms with Crippen molar-refractivity contribution >= 4 is 17.7 Å². The largest absolute Gasteiger partial charge is 0.573 e. The zero-order valence-corrected chi connectivity index (χ0v) is 18.4. The Morgan fingerprint density at radius 3 is 2.55 bits per heavy atom. The molecule has 1 aliphatic rings. The predicted molar refractivity (Wildman–Crippen MR) is 120 cm³/mol. The SMILES string of the molecule is COc1cc(NC(=O)/C=C/c2ccccc2OC(F)(F)F)cc(OCCN2CCCCC2)c1. The van der Waals surface area contributed by atoms with Crippen LogP contribution < -0.4 is 19.5 Å². The number of carbonyl (C=O) groups excluding carboxylic acids is 1. The van der Waals surface area contributed by atoms with Crippen molar-refractivity contribution in [1.29, 1.82) is 0 Å². The molecule has 0 aliphatic carbocycles. The zero-order valence-electron chi connectivity index (χ0n) is 18.4. The highest BCUT2D eigenvalue weighted by atomic mass is 19.4. The first kappa shape index (κ1) is 24.4. The number of hydrogen-bond donors (Lipinski definition) is 1. The number of alkyl halides is 3. The summed E-state index contributed by atoms with van der Waals surface area (Å²) in [7, 11) is 1.51. The molecular formula is C24H27F3N2O4. The minimum absolute atomic E-state index is 0.123. The normalized spacial score (nSPS) is 14.8. The van der Waals surface area contributed by atoms with Crippen LogP contribution in [0.2, 0.25) is 0 Å². The van der Waals surface area contributed by atoms with E-state index in [1.54, 1.807) is 24.3 Å². The maximum atomic E-state index is 12.6. The lowest BCUT2D eigenvalue weighted by Crippen LogP contribution is -2.33. The highest BCUT2D eigenvalue weighted by molar-refractivity contribution is 6.02. The summed E-state index contributed by atoms with van der Waals surface area (Å²) in [6, 6.07) is 10.6. The number of ether oxygens (including phenoxy) is 3. The van der Waals surface area contributed by atoms with Crippen LogP contribution in [-0.4, -0.2) is 50.5 Å². The summed E-state index contributed by atoms with van der Waals surface area (Å²) < 4.78 is 52.8. The lowest BCUT2D eigenvalue weighted by atomic mass is 10.1. The third-order valence-corrected chi connectivity index (χ3v) is 5.07. The minimum atomic E-state index is -4.82. The second-order valence-corrected chi connectivity index (χ2v) is 7.56. The molecule has 2 aromatic rings. The minimum Gasteiger partial charge on any atom is -0.497 e.